The fourth-order valence-corrected chi connectivity index (χ4v) is 2.45. The van der Waals surface area contributed by atoms with Gasteiger partial charge in [-0.25, -0.2) is 0 Å². The van der Waals surface area contributed by atoms with Crippen LogP contribution in [0.1, 0.15) is 11.1 Å². The maximum Gasteiger partial charge on any atom is 0.321 e. The first-order chi connectivity index (χ1) is 9.55. The summed E-state index contributed by atoms with van der Waals surface area (Å²) in [5.74, 6) is 0.445. The molecule has 110 valence electrons. The van der Waals surface area contributed by atoms with Crippen LogP contribution in [0.5, 0.6) is 11.5 Å². The van der Waals surface area contributed by atoms with Gasteiger partial charge in [-0.2, -0.15) is 0 Å². The molecule has 0 saturated carbocycles. The number of methoxy groups -OCH3 is 2. The zero-order valence-corrected chi connectivity index (χ0v) is 11.8. The van der Waals surface area contributed by atoms with E-state index in [2.05, 4.69) is 0 Å². The van der Waals surface area contributed by atoms with Gasteiger partial charge in [-0.15, -0.1) is 0 Å². The van der Waals surface area contributed by atoms with Gasteiger partial charge in [0.1, 0.15) is 6.04 Å². The minimum Gasteiger partial charge on any atom is -0.493 e. The fourth-order valence-electron chi connectivity index (χ4n) is 2.45. The first-order valence-corrected chi connectivity index (χ1v) is 6.49. The predicted molar refractivity (Wildman–Crippen MR) is 74.1 cm³/mol. The Bertz CT molecular complexity index is 504. The van der Waals surface area contributed by atoms with Crippen LogP contribution in [0, 0.1) is 0 Å². The maximum atomic E-state index is 10.8. The third-order valence-electron chi connectivity index (χ3n) is 3.57. The van der Waals surface area contributed by atoms with Crippen LogP contribution in [0.15, 0.2) is 12.1 Å². The Hall–Kier alpha value is -1.79. The molecule has 2 rings (SSSR count). The van der Waals surface area contributed by atoms with Gasteiger partial charge in [0.25, 0.3) is 0 Å². The van der Waals surface area contributed by atoms with Crippen molar-refractivity contribution in [2.75, 3.05) is 27.3 Å². The van der Waals surface area contributed by atoms with Gasteiger partial charge in [-0.05, 0) is 29.7 Å². The molecule has 20 heavy (non-hydrogen) atoms. The molecule has 1 unspecified atom stereocenters. The number of carbonyl (C=O) groups is 1. The normalized spacial score (nSPS) is 16.4. The van der Waals surface area contributed by atoms with Crippen molar-refractivity contribution in [2.24, 2.45) is 5.73 Å². The molecule has 0 aromatic heterocycles. The summed E-state index contributed by atoms with van der Waals surface area (Å²) < 4.78 is 10.6. The van der Waals surface area contributed by atoms with Crippen molar-refractivity contribution in [3.8, 4) is 11.5 Å². The van der Waals surface area contributed by atoms with E-state index in [0.29, 0.717) is 18.8 Å². The van der Waals surface area contributed by atoms with Crippen molar-refractivity contribution in [1.29, 1.82) is 0 Å². The zero-order chi connectivity index (χ0) is 14.7. The molecule has 6 nitrogen and oxygen atoms in total. The standard InChI is InChI=1S/C14H20N2O4/c1-19-12-5-9-3-4-16(8-11(15)14(17)18)7-10(9)6-13(12)20-2/h5-6,11H,3-4,7-8,15H2,1-2H3,(H,17,18). The second kappa shape index (κ2) is 6.11. The third kappa shape index (κ3) is 3.02. The average molecular weight is 280 g/mol. The summed E-state index contributed by atoms with van der Waals surface area (Å²) >= 11 is 0. The van der Waals surface area contributed by atoms with Crippen LogP contribution in [0.3, 0.4) is 0 Å². The minimum atomic E-state index is -0.969. The summed E-state index contributed by atoms with van der Waals surface area (Å²) in [6.07, 6.45) is 0.849. The van der Waals surface area contributed by atoms with Gasteiger partial charge < -0.3 is 20.3 Å². The Labute approximate surface area is 118 Å². The lowest BCUT2D eigenvalue weighted by Gasteiger charge is -2.30. The monoisotopic (exact) mass is 280 g/mol. The number of hydrogen-bond acceptors (Lipinski definition) is 5. The summed E-state index contributed by atoms with van der Waals surface area (Å²) in [4.78, 5) is 12.9. The molecule has 3 N–H and O–H groups in total. The summed E-state index contributed by atoms with van der Waals surface area (Å²) in [5, 5.41) is 8.87. The van der Waals surface area contributed by atoms with E-state index in [4.69, 9.17) is 20.3 Å². The largest absolute Gasteiger partial charge is 0.493 e. The van der Waals surface area contributed by atoms with Crippen LogP contribution in [0.25, 0.3) is 0 Å². The van der Waals surface area contributed by atoms with Gasteiger partial charge in [0, 0.05) is 19.6 Å². The zero-order valence-electron chi connectivity index (χ0n) is 11.8. The molecule has 0 saturated heterocycles. The Kier molecular flexibility index (Phi) is 4.46. The first-order valence-electron chi connectivity index (χ1n) is 6.49. The molecule has 6 heteroatoms. The number of rotatable bonds is 5. The summed E-state index contributed by atoms with van der Waals surface area (Å²) in [6.45, 7) is 1.82. The molecule has 1 aliphatic rings. The number of fused-ring (bicyclic) bond motifs is 1. The smallest absolute Gasteiger partial charge is 0.321 e. The number of carboxylic acids is 1. The van der Waals surface area contributed by atoms with E-state index in [1.165, 1.54) is 5.56 Å². The summed E-state index contributed by atoms with van der Waals surface area (Å²) in [7, 11) is 3.22. The molecule has 0 amide bonds. The van der Waals surface area contributed by atoms with Crippen LogP contribution >= 0.6 is 0 Å². The topological polar surface area (TPSA) is 85.0 Å². The molecular formula is C14H20N2O4. The van der Waals surface area contributed by atoms with Crippen molar-refractivity contribution in [2.45, 2.75) is 19.0 Å². The lowest BCUT2D eigenvalue weighted by atomic mass is 9.98. The number of benzene rings is 1. The van der Waals surface area contributed by atoms with E-state index >= 15 is 0 Å². The molecule has 1 heterocycles. The van der Waals surface area contributed by atoms with Crippen LogP contribution in [-0.4, -0.2) is 49.3 Å². The van der Waals surface area contributed by atoms with Gasteiger partial charge in [-0.3, -0.25) is 9.69 Å². The highest BCUT2D eigenvalue weighted by Crippen LogP contribution is 2.33. The SMILES string of the molecule is COc1cc2c(cc1OC)CN(CC(N)C(=O)O)CC2. The number of nitrogens with zero attached hydrogens (tertiary/aromatic N) is 1. The number of hydrogen-bond donors (Lipinski definition) is 2. The summed E-state index contributed by atoms with van der Waals surface area (Å²) in [6, 6.07) is 3.09. The number of nitrogens with two attached hydrogens (primary N) is 1. The predicted octanol–water partition coefficient (Wildman–Crippen LogP) is 0.474. The van der Waals surface area contributed by atoms with Gasteiger partial charge in [0.2, 0.25) is 0 Å². The first kappa shape index (κ1) is 14.6. The average Bonchev–Trinajstić information content (AvgIpc) is 2.45. The van der Waals surface area contributed by atoms with E-state index < -0.39 is 12.0 Å². The second-order valence-corrected chi connectivity index (χ2v) is 4.91. The fraction of sp³-hybridized carbons (Fsp3) is 0.500. The van der Waals surface area contributed by atoms with Gasteiger partial charge in [0.05, 0.1) is 14.2 Å². The Morgan fingerprint density at radius 2 is 1.95 bits per heavy atom. The molecule has 1 aliphatic heterocycles. The molecule has 0 radical (unpaired) electrons. The van der Waals surface area contributed by atoms with Crippen LogP contribution in [0.4, 0.5) is 0 Å². The molecule has 0 spiro atoms. The summed E-state index contributed by atoms with van der Waals surface area (Å²) in [5.41, 5.74) is 7.93. The van der Waals surface area contributed by atoms with Crippen molar-refractivity contribution in [3.63, 3.8) is 0 Å². The quantitative estimate of drug-likeness (QED) is 0.815. The van der Waals surface area contributed by atoms with Crippen molar-refractivity contribution in [3.05, 3.63) is 23.3 Å². The Morgan fingerprint density at radius 3 is 2.50 bits per heavy atom. The van der Waals surface area contributed by atoms with E-state index in [1.807, 2.05) is 17.0 Å². The van der Waals surface area contributed by atoms with Gasteiger partial charge >= 0.3 is 5.97 Å². The van der Waals surface area contributed by atoms with Gasteiger partial charge in [0.15, 0.2) is 11.5 Å². The lowest BCUT2D eigenvalue weighted by molar-refractivity contribution is -0.139. The molecule has 0 aliphatic carbocycles. The Balaban J connectivity index is 2.15. The molecule has 1 aromatic rings. The molecule has 0 bridgehead atoms. The highest BCUT2D eigenvalue weighted by atomic mass is 16.5. The molecule has 1 atom stereocenters. The van der Waals surface area contributed by atoms with E-state index in [9.17, 15) is 4.79 Å². The van der Waals surface area contributed by atoms with E-state index in [0.717, 1.165) is 24.3 Å². The van der Waals surface area contributed by atoms with Crippen LogP contribution in [0.2, 0.25) is 0 Å². The van der Waals surface area contributed by atoms with E-state index in [-0.39, 0.29) is 0 Å². The van der Waals surface area contributed by atoms with Crippen molar-refractivity contribution < 1.29 is 19.4 Å². The number of carboxylic acid groups (broad SMARTS) is 1. The minimum absolute atomic E-state index is 0.350. The molecule has 1 aromatic carbocycles. The third-order valence-corrected chi connectivity index (χ3v) is 3.57. The Morgan fingerprint density at radius 1 is 1.35 bits per heavy atom. The lowest BCUT2D eigenvalue weighted by Crippen LogP contribution is -2.44. The highest BCUT2D eigenvalue weighted by molar-refractivity contribution is 5.73. The van der Waals surface area contributed by atoms with Crippen LogP contribution in [-0.2, 0) is 17.8 Å². The number of aliphatic carboxylic acids is 1. The van der Waals surface area contributed by atoms with Crippen molar-refractivity contribution in [1.82, 2.24) is 4.90 Å². The van der Waals surface area contributed by atoms with Crippen molar-refractivity contribution >= 4 is 5.97 Å². The maximum absolute atomic E-state index is 10.8. The van der Waals surface area contributed by atoms with E-state index in [1.54, 1.807) is 14.2 Å². The molecule has 0 fully saturated rings. The molecular weight excluding hydrogens is 260 g/mol. The highest BCUT2D eigenvalue weighted by Gasteiger charge is 2.22. The number of ether oxygens (including phenoxy) is 2. The second-order valence-electron chi connectivity index (χ2n) is 4.91. The van der Waals surface area contributed by atoms with Crippen LogP contribution < -0.4 is 15.2 Å². The van der Waals surface area contributed by atoms with Gasteiger partial charge in [-0.1, -0.05) is 0 Å².